The van der Waals surface area contributed by atoms with E-state index in [1.807, 2.05) is 32.0 Å². The molecular formula is C22H25N3O5. The van der Waals surface area contributed by atoms with E-state index in [0.717, 1.165) is 16.8 Å². The van der Waals surface area contributed by atoms with E-state index in [-0.39, 0.29) is 5.91 Å². The number of methoxy groups -OCH3 is 3. The van der Waals surface area contributed by atoms with Gasteiger partial charge < -0.3 is 24.3 Å². The van der Waals surface area contributed by atoms with Crippen LogP contribution in [0.3, 0.4) is 0 Å². The van der Waals surface area contributed by atoms with Crippen molar-refractivity contribution < 1.29 is 23.7 Å². The van der Waals surface area contributed by atoms with Crippen LogP contribution in [0.4, 0.5) is 5.82 Å². The first-order valence-electron chi connectivity index (χ1n) is 9.42. The highest BCUT2D eigenvalue weighted by atomic mass is 16.5. The summed E-state index contributed by atoms with van der Waals surface area (Å²) in [5.41, 5.74) is 2.68. The molecule has 30 heavy (non-hydrogen) atoms. The molecule has 0 fully saturated rings. The molecule has 1 aromatic heterocycles. The third kappa shape index (κ3) is 4.03. The van der Waals surface area contributed by atoms with E-state index in [9.17, 15) is 4.79 Å². The molecule has 1 heterocycles. The third-order valence-corrected chi connectivity index (χ3v) is 4.56. The first kappa shape index (κ1) is 21.0. The molecule has 3 rings (SSSR count). The number of carbonyl (C=O) groups is 1. The zero-order valence-corrected chi connectivity index (χ0v) is 17.7. The maximum Gasteiger partial charge on any atom is 0.260 e. The molecule has 0 atom stereocenters. The number of hydrogen-bond acceptors (Lipinski definition) is 6. The van der Waals surface area contributed by atoms with Gasteiger partial charge in [0.05, 0.1) is 33.5 Å². The number of aromatic amines is 1. The van der Waals surface area contributed by atoms with Crippen LogP contribution in [0.1, 0.15) is 23.0 Å². The number of ether oxygens (including phenoxy) is 4. The molecule has 158 valence electrons. The number of anilines is 1. The van der Waals surface area contributed by atoms with E-state index >= 15 is 0 Å². The lowest BCUT2D eigenvalue weighted by Gasteiger charge is -2.15. The van der Waals surface area contributed by atoms with Crippen LogP contribution in [-0.4, -0.2) is 44.0 Å². The number of para-hydroxylation sites is 1. The minimum absolute atomic E-state index is 0.320. The molecule has 2 aromatic carbocycles. The summed E-state index contributed by atoms with van der Waals surface area (Å²) in [5.74, 6) is 2.08. The fourth-order valence-corrected chi connectivity index (χ4v) is 3.21. The average Bonchev–Trinajstić information content (AvgIpc) is 3.12. The van der Waals surface area contributed by atoms with Crippen molar-refractivity contribution in [1.82, 2.24) is 10.2 Å². The van der Waals surface area contributed by atoms with Crippen LogP contribution in [0.25, 0.3) is 11.1 Å². The number of nitrogens with one attached hydrogen (secondary N) is 2. The normalized spacial score (nSPS) is 10.4. The van der Waals surface area contributed by atoms with Gasteiger partial charge in [0.2, 0.25) is 5.75 Å². The lowest BCUT2D eigenvalue weighted by atomic mass is 10.0. The van der Waals surface area contributed by atoms with Crippen molar-refractivity contribution in [3.05, 3.63) is 47.7 Å². The molecule has 0 saturated carbocycles. The van der Waals surface area contributed by atoms with Crippen molar-refractivity contribution >= 4 is 11.7 Å². The zero-order valence-electron chi connectivity index (χ0n) is 17.7. The van der Waals surface area contributed by atoms with E-state index in [4.69, 9.17) is 18.9 Å². The fourth-order valence-electron chi connectivity index (χ4n) is 3.21. The van der Waals surface area contributed by atoms with Crippen molar-refractivity contribution in [2.75, 3.05) is 33.3 Å². The Morgan fingerprint density at radius 2 is 1.70 bits per heavy atom. The molecule has 0 aliphatic rings. The first-order valence-corrected chi connectivity index (χ1v) is 9.42. The molecule has 2 N–H and O–H groups in total. The molecular weight excluding hydrogens is 386 g/mol. The molecule has 3 aromatic rings. The molecule has 0 bridgehead atoms. The van der Waals surface area contributed by atoms with Gasteiger partial charge in [0.15, 0.2) is 17.3 Å². The Kier molecular flexibility index (Phi) is 6.46. The van der Waals surface area contributed by atoms with Crippen LogP contribution in [0.2, 0.25) is 0 Å². The summed E-state index contributed by atoms with van der Waals surface area (Å²) in [5, 5.41) is 10.1. The smallest absolute Gasteiger partial charge is 0.260 e. The molecule has 8 heteroatoms. The van der Waals surface area contributed by atoms with E-state index < -0.39 is 0 Å². The van der Waals surface area contributed by atoms with Crippen LogP contribution in [0.5, 0.6) is 23.0 Å². The summed E-state index contributed by atoms with van der Waals surface area (Å²) in [6.45, 7) is 4.20. The average molecular weight is 411 g/mol. The van der Waals surface area contributed by atoms with Gasteiger partial charge in [-0.2, -0.15) is 5.10 Å². The monoisotopic (exact) mass is 411 g/mol. The number of H-pyrrole nitrogens is 1. The second-order valence-corrected chi connectivity index (χ2v) is 6.37. The SMILES string of the molecule is CCOc1ccccc1C(=O)Nc1n[nH]c(C)c1-c1cc(OC)c(OC)c(OC)c1. The Hall–Kier alpha value is -3.68. The molecule has 0 aliphatic carbocycles. The summed E-state index contributed by atoms with van der Waals surface area (Å²) in [4.78, 5) is 12.9. The Bertz CT molecular complexity index is 1020. The molecule has 1 amide bonds. The summed E-state index contributed by atoms with van der Waals surface area (Å²) < 4.78 is 21.9. The Morgan fingerprint density at radius 1 is 1.03 bits per heavy atom. The van der Waals surface area contributed by atoms with Gasteiger partial charge in [0, 0.05) is 11.3 Å². The van der Waals surface area contributed by atoms with Crippen molar-refractivity contribution in [3.8, 4) is 34.1 Å². The van der Waals surface area contributed by atoms with E-state index in [2.05, 4.69) is 15.5 Å². The van der Waals surface area contributed by atoms with Gasteiger partial charge in [-0.25, -0.2) is 0 Å². The van der Waals surface area contributed by atoms with Gasteiger partial charge >= 0.3 is 0 Å². The second kappa shape index (κ2) is 9.21. The number of rotatable bonds is 8. The largest absolute Gasteiger partial charge is 0.493 e. The van der Waals surface area contributed by atoms with Gasteiger partial charge in [0.25, 0.3) is 5.91 Å². The predicted molar refractivity (Wildman–Crippen MR) is 114 cm³/mol. The van der Waals surface area contributed by atoms with Gasteiger partial charge in [-0.3, -0.25) is 9.89 Å². The number of nitrogens with zero attached hydrogens (tertiary/aromatic N) is 1. The summed E-state index contributed by atoms with van der Waals surface area (Å²) in [6.07, 6.45) is 0. The highest BCUT2D eigenvalue weighted by Crippen LogP contribution is 2.43. The number of hydrogen-bond donors (Lipinski definition) is 2. The highest BCUT2D eigenvalue weighted by molar-refractivity contribution is 6.07. The number of aryl methyl sites for hydroxylation is 1. The van der Waals surface area contributed by atoms with Crippen LogP contribution in [0.15, 0.2) is 36.4 Å². The summed E-state index contributed by atoms with van der Waals surface area (Å²) in [6, 6.07) is 10.7. The third-order valence-electron chi connectivity index (χ3n) is 4.56. The van der Waals surface area contributed by atoms with Crippen LogP contribution >= 0.6 is 0 Å². The van der Waals surface area contributed by atoms with E-state index in [1.54, 1.807) is 39.5 Å². The predicted octanol–water partition coefficient (Wildman–Crippen LogP) is 4.06. The maximum atomic E-state index is 12.9. The van der Waals surface area contributed by atoms with Crippen molar-refractivity contribution in [2.24, 2.45) is 0 Å². The van der Waals surface area contributed by atoms with E-state index in [0.29, 0.717) is 41.0 Å². The Labute approximate surface area is 175 Å². The number of amides is 1. The Morgan fingerprint density at radius 3 is 2.30 bits per heavy atom. The molecule has 8 nitrogen and oxygen atoms in total. The van der Waals surface area contributed by atoms with Crippen LogP contribution < -0.4 is 24.3 Å². The quantitative estimate of drug-likeness (QED) is 0.580. The van der Waals surface area contributed by atoms with Gasteiger partial charge in [-0.05, 0) is 43.7 Å². The molecule has 0 unspecified atom stereocenters. The van der Waals surface area contributed by atoms with Crippen LogP contribution in [0, 0.1) is 6.92 Å². The zero-order chi connectivity index (χ0) is 21.7. The standard InChI is InChI=1S/C22H25N3O5/c1-6-30-16-10-8-7-9-15(16)22(26)23-21-19(13(2)24-25-21)14-11-17(27-3)20(29-5)18(12-14)28-4/h7-12H,6H2,1-5H3,(H2,23,24,25,26). The minimum atomic E-state index is -0.320. The van der Waals surface area contributed by atoms with Crippen molar-refractivity contribution in [1.29, 1.82) is 0 Å². The van der Waals surface area contributed by atoms with Gasteiger partial charge in [-0.15, -0.1) is 0 Å². The maximum absolute atomic E-state index is 12.9. The second-order valence-electron chi connectivity index (χ2n) is 6.37. The Balaban J connectivity index is 2.02. The molecule has 0 radical (unpaired) electrons. The number of carbonyl (C=O) groups excluding carboxylic acids is 1. The minimum Gasteiger partial charge on any atom is -0.493 e. The lowest BCUT2D eigenvalue weighted by molar-refractivity contribution is 0.102. The topological polar surface area (TPSA) is 94.7 Å². The summed E-state index contributed by atoms with van der Waals surface area (Å²) in [7, 11) is 4.65. The van der Waals surface area contributed by atoms with Gasteiger partial charge in [-0.1, -0.05) is 12.1 Å². The fraction of sp³-hybridized carbons (Fsp3) is 0.273. The van der Waals surface area contributed by atoms with Crippen LogP contribution in [-0.2, 0) is 0 Å². The van der Waals surface area contributed by atoms with Crippen molar-refractivity contribution in [3.63, 3.8) is 0 Å². The van der Waals surface area contributed by atoms with E-state index in [1.165, 1.54) is 0 Å². The summed E-state index contributed by atoms with van der Waals surface area (Å²) >= 11 is 0. The highest BCUT2D eigenvalue weighted by Gasteiger charge is 2.21. The molecule has 0 saturated heterocycles. The molecule has 0 aliphatic heterocycles. The van der Waals surface area contributed by atoms with Crippen molar-refractivity contribution in [2.45, 2.75) is 13.8 Å². The molecule has 0 spiro atoms. The van der Waals surface area contributed by atoms with Gasteiger partial charge in [0.1, 0.15) is 5.75 Å². The lowest BCUT2D eigenvalue weighted by Crippen LogP contribution is -2.14. The first-order chi connectivity index (χ1) is 14.5. The number of benzene rings is 2. The number of aromatic nitrogens is 2.